The van der Waals surface area contributed by atoms with Crippen LogP contribution >= 0.6 is 0 Å². The van der Waals surface area contributed by atoms with E-state index in [2.05, 4.69) is 9.97 Å². The molecular weight excluding hydrogens is 269 g/mol. The summed E-state index contributed by atoms with van der Waals surface area (Å²) < 4.78 is 42.6. The number of nitrogens with zero attached hydrogens (tertiary/aromatic N) is 2. The van der Waals surface area contributed by atoms with Crippen molar-refractivity contribution < 1.29 is 17.9 Å². The van der Waals surface area contributed by atoms with E-state index in [0.29, 0.717) is 5.88 Å². The van der Waals surface area contributed by atoms with E-state index >= 15 is 0 Å². The number of rotatable bonds is 3. The highest BCUT2D eigenvalue weighted by molar-refractivity contribution is 5.28. The Balaban J connectivity index is 2.20. The van der Waals surface area contributed by atoms with Crippen molar-refractivity contribution in [1.29, 1.82) is 0 Å². The first-order valence-corrected chi connectivity index (χ1v) is 6.07. The first-order valence-electron chi connectivity index (χ1n) is 6.07. The molecule has 2 aromatic heterocycles. The van der Waals surface area contributed by atoms with E-state index in [9.17, 15) is 13.2 Å². The molecule has 0 amide bonds. The van der Waals surface area contributed by atoms with Crippen molar-refractivity contribution in [2.75, 3.05) is 0 Å². The molecule has 0 saturated heterocycles. The Kier molecular flexibility index (Phi) is 3.92. The van der Waals surface area contributed by atoms with E-state index in [4.69, 9.17) is 4.74 Å². The van der Waals surface area contributed by atoms with E-state index in [0.717, 1.165) is 29.9 Å². The first kappa shape index (κ1) is 14.3. The monoisotopic (exact) mass is 282 g/mol. The Labute approximate surface area is 114 Å². The Bertz CT molecular complexity index is 594. The van der Waals surface area contributed by atoms with Crippen molar-refractivity contribution in [3.05, 3.63) is 47.3 Å². The number of aromatic nitrogens is 2. The van der Waals surface area contributed by atoms with Crippen LogP contribution in [0, 0.1) is 6.92 Å². The Morgan fingerprint density at radius 3 is 2.45 bits per heavy atom. The van der Waals surface area contributed by atoms with Gasteiger partial charge in [0.25, 0.3) is 0 Å². The second-order valence-electron chi connectivity index (χ2n) is 4.29. The Morgan fingerprint density at radius 1 is 1.15 bits per heavy atom. The van der Waals surface area contributed by atoms with E-state index < -0.39 is 11.7 Å². The molecule has 0 fully saturated rings. The summed E-state index contributed by atoms with van der Waals surface area (Å²) in [6.07, 6.45) is -2.84. The molecule has 0 N–H and O–H groups in total. The SMILES string of the molecule is CCc1cc(C)nc(Oc2ccc(C(F)(F)F)cn2)c1. The van der Waals surface area contributed by atoms with E-state index in [1.54, 1.807) is 6.07 Å². The molecule has 2 aromatic rings. The Hall–Kier alpha value is -2.11. The van der Waals surface area contributed by atoms with Crippen molar-refractivity contribution in [1.82, 2.24) is 9.97 Å². The van der Waals surface area contributed by atoms with Gasteiger partial charge in [-0.2, -0.15) is 13.2 Å². The van der Waals surface area contributed by atoms with Crippen molar-refractivity contribution in [3.63, 3.8) is 0 Å². The highest BCUT2D eigenvalue weighted by Gasteiger charge is 2.30. The standard InChI is InChI=1S/C14H13F3N2O/c1-3-10-6-9(2)19-13(7-10)20-12-5-4-11(8-18-12)14(15,16)17/h4-8H,3H2,1-2H3. The van der Waals surface area contributed by atoms with Gasteiger partial charge < -0.3 is 4.74 Å². The third kappa shape index (κ3) is 3.46. The average molecular weight is 282 g/mol. The van der Waals surface area contributed by atoms with Gasteiger partial charge in [0.1, 0.15) is 0 Å². The van der Waals surface area contributed by atoms with Crippen LogP contribution in [0.4, 0.5) is 13.2 Å². The quantitative estimate of drug-likeness (QED) is 0.848. The van der Waals surface area contributed by atoms with Crippen LogP contribution < -0.4 is 4.74 Å². The van der Waals surface area contributed by atoms with E-state index in [-0.39, 0.29) is 5.88 Å². The summed E-state index contributed by atoms with van der Waals surface area (Å²) in [5, 5.41) is 0. The largest absolute Gasteiger partial charge is 0.421 e. The van der Waals surface area contributed by atoms with Crippen LogP contribution in [-0.2, 0) is 12.6 Å². The molecule has 0 aliphatic rings. The number of halogens is 3. The summed E-state index contributed by atoms with van der Waals surface area (Å²) in [5.74, 6) is 0.410. The van der Waals surface area contributed by atoms with Crippen molar-refractivity contribution in [2.24, 2.45) is 0 Å². The predicted octanol–water partition coefficient (Wildman–Crippen LogP) is 4.16. The van der Waals surface area contributed by atoms with Crippen molar-refractivity contribution in [2.45, 2.75) is 26.4 Å². The van der Waals surface area contributed by atoms with Gasteiger partial charge in [-0.1, -0.05) is 6.92 Å². The first-order chi connectivity index (χ1) is 9.38. The number of hydrogen-bond acceptors (Lipinski definition) is 3. The fourth-order valence-corrected chi connectivity index (χ4v) is 1.68. The van der Waals surface area contributed by atoms with Gasteiger partial charge in [-0.05, 0) is 31.0 Å². The molecule has 2 heterocycles. The molecule has 2 rings (SSSR count). The van der Waals surface area contributed by atoms with Crippen molar-refractivity contribution >= 4 is 0 Å². The fourth-order valence-electron chi connectivity index (χ4n) is 1.68. The van der Waals surface area contributed by atoms with E-state index in [1.807, 2.05) is 19.9 Å². The molecule has 0 unspecified atom stereocenters. The lowest BCUT2D eigenvalue weighted by Crippen LogP contribution is -2.05. The molecule has 0 saturated carbocycles. The zero-order valence-corrected chi connectivity index (χ0v) is 11.0. The van der Waals surface area contributed by atoms with Gasteiger partial charge in [0.2, 0.25) is 11.8 Å². The summed E-state index contributed by atoms with van der Waals surface area (Å²) in [5.41, 5.74) is 1.02. The van der Waals surface area contributed by atoms with Crippen molar-refractivity contribution in [3.8, 4) is 11.8 Å². The molecule has 0 aliphatic heterocycles. The second kappa shape index (κ2) is 5.48. The minimum Gasteiger partial charge on any atom is -0.421 e. The summed E-state index contributed by atoms with van der Waals surface area (Å²) in [6, 6.07) is 5.77. The summed E-state index contributed by atoms with van der Waals surface area (Å²) >= 11 is 0. The summed E-state index contributed by atoms with van der Waals surface area (Å²) in [7, 11) is 0. The van der Waals surface area contributed by atoms with Gasteiger partial charge in [-0.3, -0.25) is 0 Å². The van der Waals surface area contributed by atoms with Gasteiger partial charge >= 0.3 is 6.18 Å². The third-order valence-corrected chi connectivity index (χ3v) is 2.67. The molecular formula is C14H13F3N2O. The number of hydrogen-bond donors (Lipinski definition) is 0. The molecule has 0 radical (unpaired) electrons. The smallest absolute Gasteiger partial charge is 0.417 e. The van der Waals surface area contributed by atoms with Crippen LogP contribution in [0.1, 0.15) is 23.7 Å². The maximum absolute atomic E-state index is 12.4. The lowest BCUT2D eigenvalue weighted by atomic mass is 10.2. The van der Waals surface area contributed by atoms with Crippen LogP contribution in [0.2, 0.25) is 0 Å². The third-order valence-electron chi connectivity index (χ3n) is 2.67. The highest BCUT2D eigenvalue weighted by atomic mass is 19.4. The number of aryl methyl sites for hydroxylation is 2. The fraction of sp³-hybridized carbons (Fsp3) is 0.286. The molecule has 106 valence electrons. The molecule has 20 heavy (non-hydrogen) atoms. The van der Waals surface area contributed by atoms with Gasteiger partial charge in [-0.15, -0.1) is 0 Å². The molecule has 0 atom stereocenters. The summed E-state index contributed by atoms with van der Waals surface area (Å²) in [4.78, 5) is 7.81. The van der Waals surface area contributed by atoms with Crippen LogP contribution in [-0.4, -0.2) is 9.97 Å². The number of pyridine rings is 2. The zero-order chi connectivity index (χ0) is 14.8. The maximum Gasteiger partial charge on any atom is 0.417 e. The van der Waals surface area contributed by atoms with Crippen LogP contribution in [0.15, 0.2) is 30.5 Å². The zero-order valence-electron chi connectivity index (χ0n) is 11.0. The van der Waals surface area contributed by atoms with Crippen LogP contribution in [0.25, 0.3) is 0 Å². The van der Waals surface area contributed by atoms with Gasteiger partial charge in [0, 0.05) is 24.0 Å². The lowest BCUT2D eigenvalue weighted by Gasteiger charge is -2.08. The topological polar surface area (TPSA) is 35.0 Å². The molecule has 3 nitrogen and oxygen atoms in total. The average Bonchev–Trinajstić information content (AvgIpc) is 2.37. The van der Waals surface area contributed by atoms with Crippen LogP contribution in [0.3, 0.4) is 0 Å². The minimum absolute atomic E-state index is 0.0816. The van der Waals surface area contributed by atoms with E-state index in [1.165, 1.54) is 6.07 Å². The molecule has 6 heteroatoms. The highest BCUT2D eigenvalue weighted by Crippen LogP contribution is 2.29. The molecule has 0 aromatic carbocycles. The Morgan fingerprint density at radius 2 is 1.90 bits per heavy atom. The maximum atomic E-state index is 12.4. The van der Waals surface area contributed by atoms with Gasteiger partial charge in [0.15, 0.2) is 0 Å². The molecule has 0 spiro atoms. The predicted molar refractivity (Wildman–Crippen MR) is 67.7 cm³/mol. The summed E-state index contributed by atoms with van der Waals surface area (Å²) in [6.45, 7) is 3.82. The van der Waals surface area contributed by atoms with Gasteiger partial charge in [0.05, 0.1) is 5.56 Å². The second-order valence-corrected chi connectivity index (χ2v) is 4.29. The van der Waals surface area contributed by atoms with Gasteiger partial charge in [-0.25, -0.2) is 9.97 Å². The molecule has 0 bridgehead atoms. The van der Waals surface area contributed by atoms with Crippen LogP contribution in [0.5, 0.6) is 11.8 Å². The molecule has 0 aliphatic carbocycles. The number of ether oxygens (including phenoxy) is 1. The lowest BCUT2D eigenvalue weighted by molar-refractivity contribution is -0.137. The minimum atomic E-state index is -4.40. The number of alkyl halides is 3. The normalized spacial score (nSPS) is 11.4.